The Morgan fingerprint density at radius 3 is 2.29 bits per heavy atom. The molecule has 35 heavy (non-hydrogen) atoms. The van der Waals surface area contributed by atoms with Gasteiger partial charge in [-0.05, 0) is 66.7 Å². The third-order valence-electron chi connectivity index (χ3n) is 8.30. The number of hydrogen-bond acceptors (Lipinski definition) is 5. The molecule has 1 aliphatic carbocycles. The average Bonchev–Trinajstić information content (AvgIpc) is 3.57. The molecule has 1 aromatic carbocycles. The Labute approximate surface area is 215 Å². The number of thioether (sulfide) groups is 1. The van der Waals surface area contributed by atoms with Crippen molar-refractivity contribution in [2.75, 3.05) is 12.4 Å². The molecule has 5 nitrogen and oxygen atoms in total. The van der Waals surface area contributed by atoms with E-state index in [4.69, 9.17) is 14.6 Å². The smallest absolute Gasteiger partial charge is 0.192 e. The van der Waals surface area contributed by atoms with E-state index >= 15 is 0 Å². The summed E-state index contributed by atoms with van der Waals surface area (Å²) in [5.74, 6) is 3.33. The van der Waals surface area contributed by atoms with Crippen LogP contribution < -0.4 is 0 Å². The van der Waals surface area contributed by atoms with E-state index in [1.54, 1.807) is 0 Å². The summed E-state index contributed by atoms with van der Waals surface area (Å²) in [5, 5.41) is 9.78. The van der Waals surface area contributed by atoms with Crippen molar-refractivity contribution in [3.8, 4) is 11.1 Å². The molecule has 1 saturated carbocycles. The monoisotopic (exact) mass is 506 g/mol. The lowest BCUT2D eigenvalue weighted by Crippen LogP contribution is -2.45. The maximum absolute atomic E-state index is 6.67. The zero-order chi connectivity index (χ0) is 24.9. The summed E-state index contributed by atoms with van der Waals surface area (Å²) >= 11 is 2.04. The fraction of sp³-hybridized carbons (Fsp3) is 0.536. The first kappa shape index (κ1) is 24.7. The molecule has 0 radical (unpaired) electrons. The van der Waals surface area contributed by atoms with Crippen LogP contribution in [0.5, 0.6) is 0 Å². The molecule has 2 aromatic heterocycles. The number of fused-ring (bicyclic) bond motifs is 1. The molecule has 3 aromatic rings. The molecular weight excluding hydrogens is 468 g/mol. The van der Waals surface area contributed by atoms with E-state index in [1.807, 2.05) is 24.2 Å². The number of benzene rings is 1. The van der Waals surface area contributed by atoms with Gasteiger partial charge in [0.05, 0.1) is 5.41 Å². The zero-order valence-electron chi connectivity index (χ0n) is 22.0. The third-order valence-corrected chi connectivity index (χ3v) is 14.1. The maximum Gasteiger partial charge on any atom is 0.192 e. The minimum absolute atomic E-state index is 0.00503. The molecule has 1 atom stereocenters. The molecule has 5 rings (SSSR count). The maximum atomic E-state index is 6.67. The summed E-state index contributed by atoms with van der Waals surface area (Å²) in [5.41, 5.74) is 3.78. The average molecular weight is 507 g/mol. The summed E-state index contributed by atoms with van der Waals surface area (Å²) < 4.78 is 9.12. The van der Waals surface area contributed by atoms with Crippen molar-refractivity contribution < 1.29 is 4.43 Å². The van der Waals surface area contributed by atoms with E-state index in [0.29, 0.717) is 0 Å². The minimum atomic E-state index is -1.79. The van der Waals surface area contributed by atoms with E-state index in [9.17, 15) is 0 Å². The molecule has 3 heterocycles. The van der Waals surface area contributed by atoms with Crippen LogP contribution in [0.3, 0.4) is 0 Å². The van der Waals surface area contributed by atoms with Crippen molar-refractivity contribution >= 4 is 20.1 Å². The topological polar surface area (TPSA) is 52.8 Å². The molecule has 0 amide bonds. The number of hydrogen-bond donors (Lipinski definition) is 0. The molecule has 0 N–H and O–H groups in total. The molecule has 186 valence electrons. The highest BCUT2D eigenvalue weighted by Crippen LogP contribution is 2.53. The van der Waals surface area contributed by atoms with Crippen LogP contribution >= 0.6 is 11.8 Å². The van der Waals surface area contributed by atoms with E-state index in [1.165, 1.54) is 16.7 Å². The van der Waals surface area contributed by atoms with E-state index in [0.717, 1.165) is 49.8 Å². The Morgan fingerprint density at radius 2 is 1.66 bits per heavy atom. The summed E-state index contributed by atoms with van der Waals surface area (Å²) in [4.78, 5) is 4.14. The molecule has 1 unspecified atom stereocenters. The lowest BCUT2D eigenvalue weighted by Gasteiger charge is -2.39. The third kappa shape index (κ3) is 4.75. The van der Waals surface area contributed by atoms with Gasteiger partial charge in [-0.1, -0.05) is 45.0 Å². The van der Waals surface area contributed by atoms with Crippen LogP contribution in [0.25, 0.3) is 11.1 Å². The van der Waals surface area contributed by atoms with Gasteiger partial charge in [0.25, 0.3) is 0 Å². The predicted molar refractivity (Wildman–Crippen MR) is 147 cm³/mol. The van der Waals surface area contributed by atoms with Crippen molar-refractivity contribution in [2.24, 2.45) is 0 Å². The highest BCUT2D eigenvalue weighted by molar-refractivity contribution is 8.00. The Morgan fingerprint density at radius 1 is 1.00 bits per heavy atom. The molecule has 0 bridgehead atoms. The molecule has 7 heteroatoms. The van der Waals surface area contributed by atoms with Crippen LogP contribution in [-0.2, 0) is 22.8 Å². The first-order valence-corrected chi connectivity index (χ1v) is 16.6. The first-order valence-electron chi connectivity index (χ1n) is 12.7. The largest absolute Gasteiger partial charge is 0.415 e. The number of nitrogens with zero attached hydrogens (tertiary/aromatic N) is 4. The summed E-state index contributed by atoms with van der Waals surface area (Å²) in [7, 11) is -1.79. The fourth-order valence-electron chi connectivity index (χ4n) is 4.76. The molecule has 2 aliphatic rings. The second-order valence-corrected chi connectivity index (χ2v) is 18.5. The van der Waals surface area contributed by atoms with Crippen molar-refractivity contribution in [3.63, 3.8) is 0 Å². The van der Waals surface area contributed by atoms with Crippen LogP contribution in [0.15, 0.2) is 48.8 Å². The van der Waals surface area contributed by atoms with Gasteiger partial charge in [-0.3, -0.25) is 4.98 Å². The van der Waals surface area contributed by atoms with Crippen LogP contribution in [0, 0.1) is 0 Å². The summed E-state index contributed by atoms with van der Waals surface area (Å²) in [6.07, 6.45) is 6.87. The van der Waals surface area contributed by atoms with Crippen LogP contribution in [0.1, 0.15) is 57.7 Å². The summed E-state index contributed by atoms with van der Waals surface area (Å²) in [6, 6.07) is 13.2. The van der Waals surface area contributed by atoms with Gasteiger partial charge in [-0.15, -0.1) is 10.2 Å². The lowest BCUT2D eigenvalue weighted by molar-refractivity contribution is 0.252. The second-order valence-electron chi connectivity index (χ2n) is 12.0. The number of rotatable bonds is 6. The van der Waals surface area contributed by atoms with Crippen molar-refractivity contribution in [1.82, 2.24) is 19.7 Å². The molecule has 1 fully saturated rings. The standard InChI is InChI=1S/C28H38N4OSSi/c1-26(2,3)35(5,6)33-20-27(4)19-24-30-31-25(32(24)17-18-34-27)28(13-14-28)23-9-7-21(8-10-23)22-11-15-29-16-12-22/h7-12,15-16H,13-14,17-20H2,1-6H3. The lowest BCUT2D eigenvalue weighted by atomic mass is 9.93. The van der Waals surface area contributed by atoms with E-state index < -0.39 is 8.32 Å². The highest BCUT2D eigenvalue weighted by atomic mass is 32.2. The van der Waals surface area contributed by atoms with Gasteiger partial charge in [0.2, 0.25) is 0 Å². The van der Waals surface area contributed by atoms with E-state index in [-0.39, 0.29) is 15.2 Å². The second kappa shape index (κ2) is 8.85. The Kier molecular flexibility index (Phi) is 6.25. The van der Waals surface area contributed by atoms with Crippen LogP contribution in [0.2, 0.25) is 18.1 Å². The van der Waals surface area contributed by atoms with Crippen molar-refractivity contribution in [1.29, 1.82) is 0 Å². The molecule has 0 spiro atoms. The van der Waals surface area contributed by atoms with Crippen LogP contribution in [0.4, 0.5) is 0 Å². The first-order chi connectivity index (χ1) is 16.5. The van der Waals surface area contributed by atoms with Gasteiger partial charge in [0, 0.05) is 42.5 Å². The van der Waals surface area contributed by atoms with Crippen molar-refractivity contribution in [2.45, 2.75) is 81.8 Å². The van der Waals surface area contributed by atoms with Gasteiger partial charge in [0.1, 0.15) is 11.6 Å². The number of aromatic nitrogens is 4. The number of pyridine rings is 1. The molecule has 1 aliphatic heterocycles. The molecular formula is C28H38N4OSSi. The quantitative estimate of drug-likeness (QED) is 0.358. The SMILES string of the molecule is CC1(CO[Si](C)(C)C(C)(C)C)Cc2nnc(C3(c4ccc(-c5ccncc5)cc4)CC3)n2CCS1. The highest BCUT2D eigenvalue weighted by Gasteiger charge is 2.51. The fourth-order valence-corrected chi connectivity index (χ4v) is 7.12. The van der Waals surface area contributed by atoms with Crippen molar-refractivity contribution in [3.05, 3.63) is 66.0 Å². The van der Waals surface area contributed by atoms with E-state index in [2.05, 4.69) is 86.7 Å². The minimum Gasteiger partial charge on any atom is -0.415 e. The van der Waals surface area contributed by atoms with Crippen LogP contribution in [-0.4, -0.2) is 45.2 Å². The predicted octanol–water partition coefficient (Wildman–Crippen LogP) is 6.49. The Bertz CT molecular complexity index is 1180. The summed E-state index contributed by atoms with van der Waals surface area (Å²) in [6.45, 7) is 15.7. The van der Waals surface area contributed by atoms with Gasteiger partial charge in [0.15, 0.2) is 8.32 Å². The van der Waals surface area contributed by atoms with Gasteiger partial charge in [-0.25, -0.2) is 0 Å². The molecule has 0 saturated heterocycles. The van der Waals surface area contributed by atoms with Gasteiger partial charge in [-0.2, -0.15) is 11.8 Å². The Balaban J connectivity index is 1.36. The normalized spacial score (nSPS) is 21.9. The van der Waals surface area contributed by atoms with Gasteiger partial charge >= 0.3 is 0 Å². The zero-order valence-corrected chi connectivity index (χ0v) is 23.8. The Hall–Kier alpha value is -1.96. The van der Waals surface area contributed by atoms with Gasteiger partial charge < -0.3 is 8.99 Å².